The molecule has 19 heavy (non-hydrogen) atoms. The summed E-state index contributed by atoms with van der Waals surface area (Å²) >= 11 is 1.51. The molecule has 0 fully saturated rings. The summed E-state index contributed by atoms with van der Waals surface area (Å²) < 4.78 is 0. The number of carbonyl (C=O) groups is 1. The Morgan fingerprint density at radius 3 is 2.63 bits per heavy atom. The van der Waals surface area contributed by atoms with Crippen LogP contribution in [0.3, 0.4) is 0 Å². The van der Waals surface area contributed by atoms with Crippen LogP contribution in [-0.2, 0) is 4.79 Å². The molecule has 2 rings (SSSR count). The molecule has 0 saturated carbocycles. The lowest BCUT2D eigenvalue weighted by Gasteiger charge is -2.17. The molecule has 1 amide bonds. The van der Waals surface area contributed by atoms with Crippen LogP contribution < -0.4 is 5.32 Å². The normalized spacial score (nSPS) is 11.9. The molecule has 1 atom stereocenters. The molecular weight excluding hydrogens is 258 g/mol. The summed E-state index contributed by atoms with van der Waals surface area (Å²) in [5, 5.41) is 5.89. The minimum atomic E-state index is -0.273. The van der Waals surface area contributed by atoms with Gasteiger partial charge in [-0.15, -0.1) is 11.3 Å². The smallest absolute Gasteiger partial charge is 0.244 e. The highest BCUT2D eigenvalue weighted by atomic mass is 32.1. The van der Waals surface area contributed by atoms with Gasteiger partial charge < -0.3 is 10.2 Å². The van der Waals surface area contributed by atoms with E-state index in [1.807, 2.05) is 42.6 Å². The van der Waals surface area contributed by atoms with Gasteiger partial charge in [-0.3, -0.25) is 4.79 Å². The molecule has 0 aliphatic heterocycles. The zero-order valence-corrected chi connectivity index (χ0v) is 12.1. The number of anilines is 1. The standard InChI is InChI=1S/C14H17N3OS/c1-10(13(18)17(2)3)15-14-16-12(9-19-14)11-7-5-4-6-8-11/h4-10H,1-3H3,(H,15,16)/t10-/m0/s1. The molecule has 0 spiro atoms. The van der Waals surface area contributed by atoms with E-state index in [0.717, 1.165) is 16.4 Å². The van der Waals surface area contributed by atoms with Crippen molar-refractivity contribution in [1.29, 1.82) is 0 Å². The molecule has 0 aliphatic rings. The summed E-state index contributed by atoms with van der Waals surface area (Å²) in [7, 11) is 3.50. The Morgan fingerprint density at radius 2 is 2.00 bits per heavy atom. The zero-order valence-electron chi connectivity index (χ0n) is 11.3. The van der Waals surface area contributed by atoms with Crippen molar-refractivity contribution in [2.24, 2.45) is 0 Å². The van der Waals surface area contributed by atoms with Crippen molar-refractivity contribution < 1.29 is 4.79 Å². The van der Waals surface area contributed by atoms with E-state index in [4.69, 9.17) is 0 Å². The second-order valence-corrected chi connectivity index (χ2v) is 5.36. The van der Waals surface area contributed by atoms with Gasteiger partial charge in [0.2, 0.25) is 5.91 Å². The SMILES string of the molecule is C[C@H](Nc1nc(-c2ccccc2)cs1)C(=O)N(C)C. The largest absolute Gasteiger partial charge is 0.350 e. The first-order valence-electron chi connectivity index (χ1n) is 6.06. The fourth-order valence-electron chi connectivity index (χ4n) is 1.72. The summed E-state index contributed by atoms with van der Waals surface area (Å²) in [5.41, 5.74) is 2.01. The molecule has 100 valence electrons. The van der Waals surface area contributed by atoms with Crippen molar-refractivity contribution >= 4 is 22.4 Å². The van der Waals surface area contributed by atoms with Crippen LogP contribution in [0.5, 0.6) is 0 Å². The molecule has 4 nitrogen and oxygen atoms in total. The monoisotopic (exact) mass is 275 g/mol. The maximum absolute atomic E-state index is 11.8. The molecule has 2 aromatic rings. The minimum Gasteiger partial charge on any atom is -0.350 e. The van der Waals surface area contributed by atoms with Gasteiger partial charge in [0.25, 0.3) is 0 Å². The summed E-state index contributed by atoms with van der Waals surface area (Å²) in [6.45, 7) is 1.84. The number of hydrogen-bond acceptors (Lipinski definition) is 4. The maximum Gasteiger partial charge on any atom is 0.244 e. The topological polar surface area (TPSA) is 45.2 Å². The van der Waals surface area contributed by atoms with Gasteiger partial charge in [0, 0.05) is 25.0 Å². The van der Waals surface area contributed by atoms with Crippen molar-refractivity contribution in [3.63, 3.8) is 0 Å². The van der Waals surface area contributed by atoms with Crippen LogP contribution in [0.4, 0.5) is 5.13 Å². The average Bonchev–Trinajstić information content (AvgIpc) is 2.87. The Labute approximate surface area is 117 Å². The molecule has 0 saturated heterocycles. The van der Waals surface area contributed by atoms with E-state index < -0.39 is 0 Å². The maximum atomic E-state index is 11.8. The lowest BCUT2D eigenvalue weighted by molar-refractivity contribution is -0.129. The van der Waals surface area contributed by atoms with Crippen molar-refractivity contribution in [1.82, 2.24) is 9.88 Å². The van der Waals surface area contributed by atoms with Crippen LogP contribution in [0.15, 0.2) is 35.7 Å². The first kappa shape index (κ1) is 13.5. The Bertz CT molecular complexity index is 551. The predicted octanol–water partition coefficient (Wildman–Crippen LogP) is 2.70. The molecule has 1 heterocycles. The van der Waals surface area contributed by atoms with E-state index in [9.17, 15) is 4.79 Å². The van der Waals surface area contributed by atoms with Crippen molar-refractivity contribution in [3.8, 4) is 11.3 Å². The summed E-state index contributed by atoms with van der Waals surface area (Å²) in [4.78, 5) is 17.8. The second-order valence-electron chi connectivity index (χ2n) is 4.50. The average molecular weight is 275 g/mol. The lowest BCUT2D eigenvalue weighted by Crippen LogP contribution is -2.36. The number of nitrogens with one attached hydrogen (secondary N) is 1. The molecule has 0 unspecified atom stereocenters. The minimum absolute atomic E-state index is 0.0384. The van der Waals surface area contributed by atoms with Gasteiger partial charge in [-0.1, -0.05) is 30.3 Å². The van der Waals surface area contributed by atoms with E-state index in [-0.39, 0.29) is 11.9 Å². The number of hydrogen-bond donors (Lipinski definition) is 1. The highest BCUT2D eigenvalue weighted by Crippen LogP contribution is 2.24. The molecule has 1 N–H and O–H groups in total. The number of nitrogens with zero attached hydrogens (tertiary/aromatic N) is 2. The number of carbonyl (C=O) groups excluding carboxylic acids is 1. The number of thiazole rings is 1. The van der Waals surface area contributed by atoms with Gasteiger partial charge in [0.15, 0.2) is 5.13 Å². The highest BCUT2D eigenvalue weighted by molar-refractivity contribution is 7.14. The number of amides is 1. The number of likely N-dealkylation sites (N-methyl/N-ethyl adjacent to an activating group) is 1. The third kappa shape index (κ3) is 3.32. The molecule has 1 aromatic heterocycles. The van der Waals surface area contributed by atoms with Gasteiger partial charge in [0.1, 0.15) is 6.04 Å². The van der Waals surface area contributed by atoms with E-state index >= 15 is 0 Å². The summed E-state index contributed by atoms with van der Waals surface area (Å²) in [6.07, 6.45) is 0. The summed E-state index contributed by atoms with van der Waals surface area (Å²) in [5.74, 6) is 0.0384. The Kier molecular flexibility index (Phi) is 4.16. The van der Waals surface area contributed by atoms with Crippen molar-refractivity contribution in [2.45, 2.75) is 13.0 Å². The molecule has 0 bridgehead atoms. The molecule has 1 aromatic carbocycles. The fraction of sp³-hybridized carbons (Fsp3) is 0.286. The summed E-state index contributed by atoms with van der Waals surface area (Å²) in [6, 6.07) is 9.72. The highest BCUT2D eigenvalue weighted by Gasteiger charge is 2.15. The van der Waals surface area contributed by atoms with E-state index in [1.54, 1.807) is 19.0 Å². The Hall–Kier alpha value is -1.88. The quantitative estimate of drug-likeness (QED) is 0.933. The zero-order chi connectivity index (χ0) is 13.8. The first-order valence-corrected chi connectivity index (χ1v) is 6.94. The van der Waals surface area contributed by atoms with Crippen LogP contribution in [-0.4, -0.2) is 35.9 Å². The Morgan fingerprint density at radius 1 is 1.32 bits per heavy atom. The lowest BCUT2D eigenvalue weighted by atomic mass is 10.2. The van der Waals surface area contributed by atoms with Gasteiger partial charge in [-0.25, -0.2) is 4.98 Å². The molecule has 0 aliphatic carbocycles. The van der Waals surface area contributed by atoms with Crippen LogP contribution in [0, 0.1) is 0 Å². The van der Waals surface area contributed by atoms with Gasteiger partial charge in [-0.05, 0) is 6.92 Å². The van der Waals surface area contributed by atoms with Gasteiger partial charge in [0.05, 0.1) is 5.69 Å². The molecule has 5 heteroatoms. The van der Waals surface area contributed by atoms with Crippen LogP contribution in [0.25, 0.3) is 11.3 Å². The third-order valence-corrected chi connectivity index (χ3v) is 3.50. The van der Waals surface area contributed by atoms with Crippen LogP contribution >= 0.6 is 11.3 Å². The second kappa shape index (κ2) is 5.84. The van der Waals surface area contributed by atoms with Crippen LogP contribution in [0.2, 0.25) is 0 Å². The number of aromatic nitrogens is 1. The fourth-order valence-corrected chi connectivity index (χ4v) is 2.52. The Balaban J connectivity index is 2.08. The predicted molar refractivity (Wildman–Crippen MR) is 79.3 cm³/mol. The molecule has 0 radical (unpaired) electrons. The van der Waals surface area contributed by atoms with Crippen LogP contribution in [0.1, 0.15) is 6.92 Å². The van der Waals surface area contributed by atoms with E-state index in [1.165, 1.54) is 11.3 Å². The van der Waals surface area contributed by atoms with Gasteiger partial charge in [-0.2, -0.15) is 0 Å². The number of rotatable bonds is 4. The van der Waals surface area contributed by atoms with Gasteiger partial charge >= 0.3 is 0 Å². The third-order valence-electron chi connectivity index (χ3n) is 2.72. The number of benzene rings is 1. The molecular formula is C14H17N3OS. The van der Waals surface area contributed by atoms with E-state index in [2.05, 4.69) is 10.3 Å². The van der Waals surface area contributed by atoms with Crippen molar-refractivity contribution in [3.05, 3.63) is 35.7 Å². The van der Waals surface area contributed by atoms with E-state index in [0.29, 0.717) is 0 Å². The van der Waals surface area contributed by atoms with Crippen molar-refractivity contribution in [2.75, 3.05) is 19.4 Å². The first-order chi connectivity index (χ1) is 9.08.